The van der Waals surface area contributed by atoms with Gasteiger partial charge in [-0.1, -0.05) is 30.3 Å². The first-order chi connectivity index (χ1) is 11.1. The average molecular weight is 312 g/mol. The minimum Gasteiger partial charge on any atom is -0.302 e. The lowest BCUT2D eigenvalue weighted by Gasteiger charge is -2.21. The van der Waals surface area contributed by atoms with E-state index in [4.69, 9.17) is 0 Å². The molecule has 124 valence electrons. The highest BCUT2D eigenvalue weighted by Crippen LogP contribution is 2.20. The van der Waals surface area contributed by atoms with Gasteiger partial charge >= 0.3 is 0 Å². The van der Waals surface area contributed by atoms with Crippen LogP contribution in [0.15, 0.2) is 36.5 Å². The Balaban J connectivity index is 1.47. The van der Waals surface area contributed by atoms with E-state index in [9.17, 15) is 0 Å². The summed E-state index contributed by atoms with van der Waals surface area (Å²) in [7, 11) is 4.22. The van der Waals surface area contributed by atoms with Crippen LogP contribution in [0.3, 0.4) is 0 Å². The van der Waals surface area contributed by atoms with Crippen LogP contribution in [-0.4, -0.2) is 46.3 Å². The van der Waals surface area contributed by atoms with Gasteiger partial charge in [0.05, 0.1) is 5.69 Å². The van der Waals surface area contributed by atoms with E-state index in [1.165, 1.54) is 37.2 Å². The lowest BCUT2D eigenvalue weighted by molar-refractivity contribution is 0.254. The van der Waals surface area contributed by atoms with Crippen LogP contribution in [0.2, 0.25) is 0 Å². The van der Waals surface area contributed by atoms with E-state index in [1.807, 2.05) is 11.7 Å². The van der Waals surface area contributed by atoms with E-state index in [2.05, 4.69) is 65.4 Å². The molecule has 0 spiro atoms. The van der Waals surface area contributed by atoms with Gasteiger partial charge in [-0.15, -0.1) is 0 Å². The SMILES string of the molecule is Cc1nn(C)cc1CN(C)CC1CCN(Cc2ccccc2)C1. The third-order valence-corrected chi connectivity index (χ3v) is 4.74. The van der Waals surface area contributed by atoms with Gasteiger partial charge in [0.1, 0.15) is 0 Å². The third kappa shape index (κ3) is 4.43. The summed E-state index contributed by atoms with van der Waals surface area (Å²) in [5, 5.41) is 4.44. The van der Waals surface area contributed by atoms with Gasteiger partial charge < -0.3 is 4.90 Å². The highest BCUT2D eigenvalue weighted by molar-refractivity contribution is 5.15. The largest absolute Gasteiger partial charge is 0.302 e. The average Bonchev–Trinajstić information content (AvgIpc) is 3.06. The maximum absolute atomic E-state index is 4.44. The van der Waals surface area contributed by atoms with Crippen molar-refractivity contribution >= 4 is 0 Å². The molecule has 23 heavy (non-hydrogen) atoms. The topological polar surface area (TPSA) is 24.3 Å². The fourth-order valence-corrected chi connectivity index (χ4v) is 3.65. The molecule has 4 heteroatoms. The molecule has 0 amide bonds. The van der Waals surface area contributed by atoms with Crippen molar-refractivity contribution in [1.29, 1.82) is 0 Å². The molecule has 1 aromatic heterocycles. The predicted molar refractivity (Wildman–Crippen MR) is 94.1 cm³/mol. The van der Waals surface area contributed by atoms with Crippen LogP contribution in [0.5, 0.6) is 0 Å². The van der Waals surface area contributed by atoms with Crippen LogP contribution in [0.25, 0.3) is 0 Å². The Morgan fingerprint density at radius 3 is 2.74 bits per heavy atom. The smallest absolute Gasteiger partial charge is 0.0638 e. The van der Waals surface area contributed by atoms with Gasteiger partial charge in [0.15, 0.2) is 0 Å². The number of benzene rings is 1. The molecule has 0 bridgehead atoms. The Bertz CT molecular complexity index is 620. The maximum Gasteiger partial charge on any atom is 0.0638 e. The minimum atomic E-state index is 0.778. The van der Waals surface area contributed by atoms with E-state index >= 15 is 0 Å². The summed E-state index contributed by atoms with van der Waals surface area (Å²) in [6, 6.07) is 10.8. The van der Waals surface area contributed by atoms with Gasteiger partial charge in [0.2, 0.25) is 0 Å². The molecule has 1 aliphatic rings. The van der Waals surface area contributed by atoms with Crippen molar-refractivity contribution in [3.05, 3.63) is 53.3 Å². The maximum atomic E-state index is 4.44. The van der Waals surface area contributed by atoms with Crippen molar-refractivity contribution in [2.24, 2.45) is 13.0 Å². The van der Waals surface area contributed by atoms with Crippen molar-refractivity contribution in [2.75, 3.05) is 26.7 Å². The van der Waals surface area contributed by atoms with Crippen molar-refractivity contribution < 1.29 is 0 Å². The molecule has 1 saturated heterocycles. The summed E-state index contributed by atoms with van der Waals surface area (Å²) in [6.45, 7) is 7.78. The molecule has 1 unspecified atom stereocenters. The zero-order chi connectivity index (χ0) is 16.2. The molecular weight excluding hydrogens is 284 g/mol. The third-order valence-electron chi connectivity index (χ3n) is 4.74. The van der Waals surface area contributed by atoms with Gasteiger partial charge in [0.25, 0.3) is 0 Å². The van der Waals surface area contributed by atoms with Gasteiger partial charge in [-0.25, -0.2) is 0 Å². The molecule has 0 N–H and O–H groups in total. The monoisotopic (exact) mass is 312 g/mol. The highest BCUT2D eigenvalue weighted by atomic mass is 15.3. The lowest BCUT2D eigenvalue weighted by atomic mass is 10.1. The Morgan fingerprint density at radius 2 is 2.04 bits per heavy atom. The van der Waals surface area contributed by atoms with Crippen LogP contribution < -0.4 is 0 Å². The molecule has 1 aliphatic heterocycles. The highest BCUT2D eigenvalue weighted by Gasteiger charge is 2.23. The van der Waals surface area contributed by atoms with Crippen LogP contribution in [0, 0.1) is 12.8 Å². The van der Waals surface area contributed by atoms with Gasteiger partial charge in [0, 0.05) is 45.0 Å². The molecule has 1 atom stereocenters. The molecule has 2 aromatic rings. The molecular formula is C19H28N4. The molecule has 1 aromatic carbocycles. The van der Waals surface area contributed by atoms with Crippen LogP contribution >= 0.6 is 0 Å². The molecule has 0 aliphatic carbocycles. The number of hydrogen-bond donors (Lipinski definition) is 0. The van der Waals surface area contributed by atoms with E-state index in [0.717, 1.165) is 24.7 Å². The lowest BCUT2D eigenvalue weighted by Crippen LogP contribution is -2.28. The van der Waals surface area contributed by atoms with Crippen molar-refractivity contribution in [1.82, 2.24) is 19.6 Å². The van der Waals surface area contributed by atoms with Gasteiger partial charge in [-0.05, 0) is 38.4 Å². The van der Waals surface area contributed by atoms with E-state index in [-0.39, 0.29) is 0 Å². The predicted octanol–water partition coefficient (Wildman–Crippen LogP) is 2.68. The van der Waals surface area contributed by atoms with Crippen molar-refractivity contribution in [2.45, 2.75) is 26.4 Å². The van der Waals surface area contributed by atoms with Gasteiger partial charge in [-0.2, -0.15) is 5.10 Å². The van der Waals surface area contributed by atoms with E-state index < -0.39 is 0 Å². The Morgan fingerprint density at radius 1 is 1.26 bits per heavy atom. The molecule has 2 heterocycles. The summed E-state index contributed by atoms with van der Waals surface area (Å²) < 4.78 is 1.91. The van der Waals surface area contributed by atoms with Gasteiger partial charge in [-0.3, -0.25) is 9.58 Å². The zero-order valence-corrected chi connectivity index (χ0v) is 14.6. The summed E-state index contributed by atoms with van der Waals surface area (Å²) in [5.41, 5.74) is 3.91. The Hall–Kier alpha value is -1.65. The molecule has 1 fully saturated rings. The van der Waals surface area contributed by atoms with E-state index in [1.54, 1.807) is 0 Å². The van der Waals surface area contributed by atoms with Crippen LogP contribution in [-0.2, 0) is 20.1 Å². The van der Waals surface area contributed by atoms with E-state index in [0.29, 0.717) is 0 Å². The second-order valence-electron chi connectivity index (χ2n) is 6.99. The number of nitrogens with zero attached hydrogens (tertiary/aromatic N) is 4. The summed E-state index contributed by atoms with van der Waals surface area (Å²) in [5.74, 6) is 0.778. The quantitative estimate of drug-likeness (QED) is 0.819. The summed E-state index contributed by atoms with van der Waals surface area (Å²) in [6.07, 6.45) is 3.45. The zero-order valence-electron chi connectivity index (χ0n) is 14.6. The first kappa shape index (κ1) is 16.2. The van der Waals surface area contributed by atoms with Crippen LogP contribution in [0.4, 0.5) is 0 Å². The Labute approximate surface area is 139 Å². The Kier molecular flexibility index (Phi) is 5.13. The first-order valence-electron chi connectivity index (χ1n) is 8.54. The summed E-state index contributed by atoms with van der Waals surface area (Å²) in [4.78, 5) is 5.03. The summed E-state index contributed by atoms with van der Waals surface area (Å²) >= 11 is 0. The number of aryl methyl sites for hydroxylation is 2. The normalized spacial score (nSPS) is 18.9. The van der Waals surface area contributed by atoms with Crippen molar-refractivity contribution in [3.8, 4) is 0 Å². The van der Waals surface area contributed by atoms with Crippen molar-refractivity contribution in [3.63, 3.8) is 0 Å². The second kappa shape index (κ2) is 7.28. The number of aromatic nitrogens is 2. The number of hydrogen-bond acceptors (Lipinski definition) is 3. The fraction of sp³-hybridized carbons (Fsp3) is 0.526. The molecule has 4 nitrogen and oxygen atoms in total. The number of rotatable bonds is 6. The molecule has 0 radical (unpaired) electrons. The molecule has 0 saturated carbocycles. The second-order valence-corrected chi connectivity index (χ2v) is 6.99. The van der Waals surface area contributed by atoms with Crippen LogP contribution in [0.1, 0.15) is 23.2 Å². The molecule has 3 rings (SSSR count). The fourth-order valence-electron chi connectivity index (χ4n) is 3.65. The first-order valence-corrected chi connectivity index (χ1v) is 8.54. The number of likely N-dealkylation sites (tertiary alicyclic amines) is 1. The standard InChI is InChI=1S/C19H28N4/c1-16-19(15-22(3)20-16)14-21(2)11-18-9-10-23(13-18)12-17-7-5-4-6-8-17/h4-8,15,18H,9-14H2,1-3H3. The minimum absolute atomic E-state index is 0.778.